The minimum atomic E-state index is -0.269. The van der Waals surface area contributed by atoms with Crippen molar-refractivity contribution < 1.29 is 14.4 Å². The van der Waals surface area contributed by atoms with Crippen LogP contribution in [0.4, 0.5) is 17.1 Å². The van der Waals surface area contributed by atoms with E-state index in [9.17, 15) is 14.4 Å². The highest BCUT2D eigenvalue weighted by Crippen LogP contribution is 2.32. The van der Waals surface area contributed by atoms with Crippen LogP contribution in [0, 0.1) is 0 Å². The van der Waals surface area contributed by atoms with E-state index in [2.05, 4.69) is 16.0 Å². The number of benzene rings is 2. The third-order valence-corrected chi connectivity index (χ3v) is 4.41. The number of thioether (sulfide) groups is 1. The summed E-state index contributed by atoms with van der Waals surface area (Å²) in [6.07, 6.45) is 0. The molecule has 0 radical (unpaired) electrons. The molecule has 0 bridgehead atoms. The zero-order valence-electron chi connectivity index (χ0n) is 12.9. The Morgan fingerprint density at radius 1 is 1.04 bits per heavy atom. The molecule has 0 atom stereocenters. The van der Waals surface area contributed by atoms with Crippen molar-refractivity contribution in [3.8, 4) is 0 Å². The molecule has 1 aliphatic rings. The molecule has 0 saturated carbocycles. The van der Waals surface area contributed by atoms with Crippen LogP contribution in [-0.2, 0) is 9.59 Å². The largest absolute Gasteiger partial charge is 0.326 e. The Kier molecular flexibility index (Phi) is 4.52. The van der Waals surface area contributed by atoms with E-state index in [0.29, 0.717) is 28.4 Å². The lowest BCUT2D eigenvalue weighted by Gasteiger charge is -2.17. The summed E-state index contributed by atoms with van der Waals surface area (Å²) in [5.74, 6) is -0.103. The molecule has 0 aliphatic carbocycles. The van der Waals surface area contributed by atoms with Crippen LogP contribution < -0.4 is 16.0 Å². The molecule has 2 aromatic rings. The summed E-state index contributed by atoms with van der Waals surface area (Å²) >= 11 is 1.45. The number of anilines is 3. The molecular weight excluding hydrogens is 326 g/mol. The summed E-state index contributed by atoms with van der Waals surface area (Å²) in [6.45, 7) is 1.43. The minimum absolute atomic E-state index is 0.0707. The first-order chi connectivity index (χ1) is 11.5. The summed E-state index contributed by atoms with van der Waals surface area (Å²) < 4.78 is 0. The van der Waals surface area contributed by atoms with Crippen LogP contribution in [0.5, 0.6) is 0 Å². The molecule has 7 heteroatoms. The molecule has 1 heterocycles. The highest BCUT2D eigenvalue weighted by molar-refractivity contribution is 8.00. The Balaban J connectivity index is 1.72. The first-order valence-electron chi connectivity index (χ1n) is 7.27. The van der Waals surface area contributed by atoms with Gasteiger partial charge in [0.2, 0.25) is 11.8 Å². The first-order valence-corrected chi connectivity index (χ1v) is 8.25. The molecule has 0 saturated heterocycles. The van der Waals surface area contributed by atoms with Crippen LogP contribution >= 0.6 is 11.8 Å². The first kappa shape index (κ1) is 16.1. The van der Waals surface area contributed by atoms with Crippen molar-refractivity contribution in [3.63, 3.8) is 0 Å². The van der Waals surface area contributed by atoms with Crippen molar-refractivity contribution >= 4 is 46.5 Å². The van der Waals surface area contributed by atoms with Crippen LogP contribution in [-0.4, -0.2) is 23.5 Å². The molecule has 0 unspecified atom stereocenters. The van der Waals surface area contributed by atoms with Gasteiger partial charge in [-0.15, -0.1) is 11.8 Å². The molecule has 24 heavy (non-hydrogen) atoms. The van der Waals surface area contributed by atoms with E-state index >= 15 is 0 Å². The maximum Gasteiger partial charge on any atom is 0.255 e. The van der Waals surface area contributed by atoms with Gasteiger partial charge in [-0.1, -0.05) is 0 Å². The van der Waals surface area contributed by atoms with Crippen molar-refractivity contribution in [3.05, 3.63) is 48.0 Å². The zero-order valence-corrected chi connectivity index (χ0v) is 13.7. The van der Waals surface area contributed by atoms with Crippen molar-refractivity contribution in [2.45, 2.75) is 11.8 Å². The number of carbonyl (C=O) groups is 3. The highest BCUT2D eigenvalue weighted by Gasteiger charge is 2.17. The average molecular weight is 341 g/mol. The van der Waals surface area contributed by atoms with E-state index < -0.39 is 0 Å². The smallest absolute Gasteiger partial charge is 0.255 e. The van der Waals surface area contributed by atoms with Crippen LogP contribution in [0.3, 0.4) is 0 Å². The van der Waals surface area contributed by atoms with Gasteiger partial charge in [0.25, 0.3) is 5.91 Å². The van der Waals surface area contributed by atoms with Gasteiger partial charge >= 0.3 is 0 Å². The van der Waals surface area contributed by atoms with E-state index in [1.54, 1.807) is 36.4 Å². The van der Waals surface area contributed by atoms with Gasteiger partial charge in [0.15, 0.2) is 0 Å². The molecule has 3 N–H and O–H groups in total. The topological polar surface area (TPSA) is 87.3 Å². The predicted molar refractivity (Wildman–Crippen MR) is 94.5 cm³/mol. The van der Waals surface area contributed by atoms with Crippen LogP contribution in [0.2, 0.25) is 0 Å². The van der Waals surface area contributed by atoms with Crippen molar-refractivity contribution in [1.29, 1.82) is 0 Å². The van der Waals surface area contributed by atoms with Gasteiger partial charge in [0.1, 0.15) is 0 Å². The van der Waals surface area contributed by atoms with Gasteiger partial charge in [0, 0.05) is 28.8 Å². The number of nitrogens with one attached hydrogen (secondary N) is 3. The van der Waals surface area contributed by atoms with Crippen molar-refractivity contribution in [2.24, 2.45) is 0 Å². The van der Waals surface area contributed by atoms with Crippen LogP contribution in [0.25, 0.3) is 0 Å². The van der Waals surface area contributed by atoms with E-state index in [1.807, 2.05) is 6.07 Å². The van der Waals surface area contributed by atoms with Gasteiger partial charge in [0.05, 0.1) is 11.4 Å². The maximum absolute atomic E-state index is 12.3. The molecular formula is C17H15N3O3S. The van der Waals surface area contributed by atoms with Gasteiger partial charge in [-0.25, -0.2) is 0 Å². The number of fused-ring (bicyclic) bond motifs is 1. The van der Waals surface area contributed by atoms with E-state index in [4.69, 9.17) is 0 Å². The van der Waals surface area contributed by atoms with Gasteiger partial charge in [-0.2, -0.15) is 0 Å². The second kappa shape index (κ2) is 6.76. The summed E-state index contributed by atoms with van der Waals surface area (Å²) in [6, 6.07) is 12.1. The number of amides is 3. The third kappa shape index (κ3) is 3.75. The summed E-state index contributed by atoms with van der Waals surface area (Å²) in [5, 5.41) is 8.21. The van der Waals surface area contributed by atoms with E-state index in [0.717, 1.165) is 4.90 Å². The van der Waals surface area contributed by atoms with Crippen molar-refractivity contribution in [1.82, 2.24) is 0 Å². The predicted octanol–water partition coefficient (Wildman–Crippen LogP) is 2.94. The number of hydrogen-bond donors (Lipinski definition) is 3. The van der Waals surface area contributed by atoms with Gasteiger partial charge in [-0.3, -0.25) is 14.4 Å². The van der Waals surface area contributed by atoms with Crippen molar-refractivity contribution in [2.75, 3.05) is 21.7 Å². The Hall–Kier alpha value is -2.80. The van der Waals surface area contributed by atoms with E-state index in [-0.39, 0.29) is 17.7 Å². The molecule has 0 spiro atoms. The fourth-order valence-corrected chi connectivity index (χ4v) is 3.06. The summed E-state index contributed by atoms with van der Waals surface area (Å²) in [7, 11) is 0. The molecule has 0 aromatic heterocycles. The molecule has 6 nitrogen and oxygen atoms in total. The molecule has 122 valence electrons. The fraction of sp³-hybridized carbons (Fsp3) is 0.118. The quantitative estimate of drug-likeness (QED) is 0.801. The molecule has 1 aliphatic heterocycles. The lowest BCUT2D eigenvalue weighted by Crippen LogP contribution is -2.19. The zero-order chi connectivity index (χ0) is 17.1. The third-order valence-electron chi connectivity index (χ3n) is 3.34. The number of carbonyl (C=O) groups excluding carboxylic acids is 3. The summed E-state index contributed by atoms with van der Waals surface area (Å²) in [4.78, 5) is 35.7. The molecule has 3 rings (SSSR count). The Morgan fingerprint density at radius 3 is 2.38 bits per heavy atom. The fourth-order valence-electron chi connectivity index (χ4n) is 2.27. The number of rotatable bonds is 3. The Morgan fingerprint density at radius 2 is 1.71 bits per heavy atom. The molecule has 3 amide bonds. The van der Waals surface area contributed by atoms with Gasteiger partial charge in [-0.05, 0) is 42.5 Å². The van der Waals surface area contributed by atoms with Crippen LogP contribution in [0.15, 0.2) is 47.4 Å². The molecule has 2 aromatic carbocycles. The van der Waals surface area contributed by atoms with Crippen LogP contribution in [0.1, 0.15) is 17.3 Å². The molecule has 0 fully saturated rings. The second-order valence-electron chi connectivity index (χ2n) is 5.26. The lowest BCUT2D eigenvalue weighted by atomic mass is 10.1. The second-order valence-corrected chi connectivity index (χ2v) is 6.28. The normalized spacial score (nSPS) is 12.8. The van der Waals surface area contributed by atoms with E-state index in [1.165, 1.54) is 18.7 Å². The lowest BCUT2D eigenvalue weighted by molar-refractivity contribution is -0.114. The van der Waals surface area contributed by atoms with Gasteiger partial charge < -0.3 is 16.0 Å². The standard InChI is InChI=1S/C17H15N3O3S/c1-10(21)18-12-3-5-13(6-4-12)19-17(23)11-2-7-15-14(8-11)20-16(22)9-24-15/h2-8H,9H2,1H3,(H,18,21)(H,19,23)(H,20,22). The SMILES string of the molecule is CC(=O)Nc1ccc(NC(=O)c2ccc3c(c2)NC(=O)CS3)cc1. The Labute approximate surface area is 143 Å². The minimum Gasteiger partial charge on any atom is -0.326 e. The average Bonchev–Trinajstić information content (AvgIpc) is 2.55. The highest BCUT2D eigenvalue weighted by atomic mass is 32.2. The summed E-state index contributed by atoms with van der Waals surface area (Å²) in [5.41, 5.74) is 2.40. The monoisotopic (exact) mass is 341 g/mol. The Bertz CT molecular complexity index is 818. The number of hydrogen-bond acceptors (Lipinski definition) is 4. The maximum atomic E-state index is 12.3.